The molecule has 8 heteroatoms. The molecule has 1 aromatic carbocycles. The zero-order chi connectivity index (χ0) is 21.5. The number of rotatable bonds is 3. The van der Waals surface area contributed by atoms with E-state index in [2.05, 4.69) is 16.3 Å². The lowest BCUT2D eigenvalue weighted by molar-refractivity contribution is 0.0701. The first-order chi connectivity index (χ1) is 14.3. The summed E-state index contributed by atoms with van der Waals surface area (Å²) in [4.78, 5) is 12.2. The molecule has 3 N–H and O–H groups in total. The van der Waals surface area contributed by atoms with Crippen molar-refractivity contribution in [3.63, 3.8) is 0 Å². The van der Waals surface area contributed by atoms with Crippen LogP contribution in [-0.2, 0) is 5.41 Å². The number of nitriles is 1. The van der Waals surface area contributed by atoms with E-state index in [1.165, 1.54) is 12.3 Å². The number of H-pyrrole nitrogens is 1. The number of hydrogen-bond acceptors (Lipinski definition) is 7. The number of aromatic nitrogens is 2. The fraction of sp³-hybridized carbons (Fsp3) is 0.227. The Morgan fingerprint density at radius 3 is 2.77 bits per heavy atom. The van der Waals surface area contributed by atoms with E-state index in [1.54, 1.807) is 24.3 Å². The summed E-state index contributed by atoms with van der Waals surface area (Å²) in [5.41, 5.74) is 8.30. The van der Waals surface area contributed by atoms with Crippen molar-refractivity contribution in [2.45, 2.75) is 32.1 Å². The predicted molar refractivity (Wildman–Crippen MR) is 107 cm³/mol. The number of nitrogens with zero attached hydrogens (tertiary/aromatic N) is 2. The van der Waals surface area contributed by atoms with Gasteiger partial charge in [-0.25, -0.2) is 4.79 Å². The number of carbonyl (C=O) groups excluding carboxylic acids is 1. The average Bonchev–Trinajstić information content (AvgIpc) is 3.36. The summed E-state index contributed by atoms with van der Waals surface area (Å²) in [6.07, 6.45) is 1.40. The van der Waals surface area contributed by atoms with Crippen molar-refractivity contribution in [1.29, 1.82) is 5.26 Å². The van der Waals surface area contributed by atoms with Crippen LogP contribution in [0.4, 0.5) is 0 Å². The molecule has 1 atom stereocenters. The number of nitrogens with two attached hydrogens (primary N) is 1. The second kappa shape index (κ2) is 7.12. The topological polar surface area (TPSA) is 127 Å². The van der Waals surface area contributed by atoms with Crippen LogP contribution >= 0.6 is 0 Å². The second-order valence-electron chi connectivity index (χ2n) is 7.93. The van der Waals surface area contributed by atoms with E-state index in [4.69, 9.17) is 19.6 Å². The summed E-state index contributed by atoms with van der Waals surface area (Å²) < 4.78 is 16.1. The highest BCUT2D eigenvalue weighted by atomic mass is 16.5. The molecule has 0 amide bonds. The van der Waals surface area contributed by atoms with Crippen LogP contribution < -0.4 is 15.2 Å². The van der Waals surface area contributed by atoms with Crippen LogP contribution in [0.5, 0.6) is 11.6 Å². The van der Waals surface area contributed by atoms with E-state index in [9.17, 15) is 10.1 Å². The van der Waals surface area contributed by atoms with Gasteiger partial charge in [0.25, 0.3) is 0 Å². The third-order valence-electron chi connectivity index (χ3n) is 4.81. The molecule has 0 fully saturated rings. The molecule has 0 bridgehead atoms. The molecule has 0 saturated carbocycles. The zero-order valence-corrected chi connectivity index (χ0v) is 16.7. The number of allylic oxidation sites excluding steroid dienone is 1. The van der Waals surface area contributed by atoms with Gasteiger partial charge in [0, 0.05) is 11.1 Å². The fourth-order valence-electron chi connectivity index (χ4n) is 3.46. The van der Waals surface area contributed by atoms with E-state index < -0.39 is 11.9 Å². The molecule has 30 heavy (non-hydrogen) atoms. The number of hydrogen-bond donors (Lipinski definition) is 2. The Balaban J connectivity index is 1.79. The molecular weight excluding hydrogens is 384 g/mol. The van der Waals surface area contributed by atoms with Gasteiger partial charge in [-0.3, -0.25) is 5.10 Å². The van der Waals surface area contributed by atoms with Crippen LogP contribution in [0.1, 0.15) is 54.1 Å². The first kappa shape index (κ1) is 19.3. The molecule has 3 heterocycles. The maximum Gasteiger partial charge on any atom is 0.379 e. The molecule has 2 aromatic heterocycles. The number of nitrogens with one attached hydrogen (secondary N) is 1. The Morgan fingerprint density at radius 2 is 2.10 bits per heavy atom. The van der Waals surface area contributed by atoms with E-state index >= 15 is 0 Å². The Hall–Kier alpha value is -3.99. The summed E-state index contributed by atoms with van der Waals surface area (Å²) in [5.74, 6) is -0.383. The fourth-order valence-corrected chi connectivity index (χ4v) is 3.46. The maximum atomic E-state index is 12.2. The summed E-state index contributed by atoms with van der Waals surface area (Å²) in [7, 11) is 0. The van der Waals surface area contributed by atoms with Gasteiger partial charge < -0.3 is 19.6 Å². The third-order valence-corrected chi connectivity index (χ3v) is 4.81. The third kappa shape index (κ3) is 3.31. The van der Waals surface area contributed by atoms with Gasteiger partial charge in [0.1, 0.15) is 17.4 Å². The Labute approximate surface area is 172 Å². The van der Waals surface area contributed by atoms with Gasteiger partial charge >= 0.3 is 5.97 Å². The minimum atomic E-state index is -0.612. The van der Waals surface area contributed by atoms with Crippen molar-refractivity contribution >= 4 is 5.97 Å². The van der Waals surface area contributed by atoms with Crippen LogP contribution in [0, 0.1) is 11.3 Å². The number of furan rings is 1. The van der Waals surface area contributed by atoms with Crippen molar-refractivity contribution in [3.8, 4) is 17.7 Å². The normalized spacial score (nSPS) is 15.9. The number of aromatic amines is 1. The van der Waals surface area contributed by atoms with Gasteiger partial charge in [-0.1, -0.05) is 32.9 Å². The number of benzene rings is 1. The Kier molecular flexibility index (Phi) is 4.59. The smallest absolute Gasteiger partial charge is 0.379 e. The second-order valence-corrected chi connectivity index (χ2v) is 7.93. The zero-order valence-electron chi connectivity index (χ0n) is 16.7. The van der Waals surface area contributed by atoms with Crippen LogP contribution in [0.15, 0.2) is 58.5 Å². The van der Waals surface area contributed by atoms with Crippen molar-refractivity contribution in [2.24, 2.45) is 5.73 Å². The highest BCUT2D eigenvalue weighted by Crippen LogP contribution is 2.45. The minimum absolute atomic E-state index is 0.0000532. The van der Waals surface area contributed by atoms with E-state index in [-0.39, 0.29) is 22.6 Å². The largest absolute Gasteiger partial charge is 0.457 e. The van der Waals surface area contributed by atoms with Gasteiger partial charge in [0.05, 0.1) is 17.7 Å². The predicted octanol–water partition coefficient (Wildman–Crippen LogP) is 3.74. The molecule has 0 spiro atoms. The number of carbonyl (C=O) groups is 1. The monoisotopic (exact) mass is 404 g/mol. The molecule has 152 valence electrons. The molecule has 3 aromatic rings. The standard InChI is InChI=1S/C22H20N4O4/c1-22(2,3)18-17-16(14(11-23)19(24)30-20(17)26-25-18)12-6-4-7-13(10-12)29-21(27)15-8-5-9-28-15/h4-10,16H,24H2,1-3H3,(H,25,26). The first-order valence-electron chi connectivity index (χ1n) is 9.31. The maximum absolute atomic E-state index is 12.2. The van der Waals surface area contributed by atoms with Gasteiger partial charge in [-0.05, 0) is 29.8 Å². The van der Waals surface area contributed by atoms with E-state index in [0.29, 0.717) is 11.6 Å². The molecule has 1 unspecified atom stereocenters. The summed E-state index contributed by atoms with van der Waals surface area (Å²) >= 11 is 0. The van der Waals surface area contributed by atoms with Crippen LogP contribution in [-0.4, -0.2) is 16.2 Å². The quantitative estimate of drug-likeness (QED) is 0.503. The van der Waals surface area contributed by atoms with Crippen molar-refractivity contribution in [1.82, 2.24) is 10.2 Å². The summed E-state index contributed by atoms with van der Waals surface area (Å²) in [6, 6.07) is 12.2. The van der Waals surface area contributed by atoms with Crippen LogP contribution in [0.25, 0.3) is 0 Å². The summed E-state index contributed by atoms with van der Waals surface area (Å²) in [5, 5.41) is 17.1. The highest BCUT2D eigenvalue weighted by Gasteiger charge is 2.38. The lowest BCUT2D eigenvalue weighted by Crippen LogP contribution is -2.24. The number of fused-ring (bicyclic) bond motifs is 1. The molecule has 1 aliphatic heterocycles. The Morgan fingerprint density at radius 1 is 1.30 bits per heavy atom. The minimum Gasteiger partial charge on any atom is -0.457 e. The highest BCUT2D eigenvalue weighted by molar-refractivity contribution is 5.88. The number of esters is 1. The Bertz CT molecular complexity index is 1180. The lowest BCUT2D eigenvalue weighted by atomic mass is 9.79. The molecule has 8 nitrogen and oxygen atoms in total. The first-order valence-corrected chi connectivity index (χ1v) is 9.31. The number of ether oxygens (including phenoxy) is 2. The van der Waals surface area contributed by atoms with Crippen molar-refractivity contribution in [2.75, 3.05) is 0 Å². The molecule has 1 aliphatic rings. The lowest BCUT2D eigenvalue weighted by Gasteiger charge is -2.27. The van der Waals surface area contributed by atoms with Crippen molar-refractivity contribution in [3.05, 3.63) is 76.7 Å². The van der Waals surface area contributed by atoms with Crippen molar-refractivity contribution < 1.29 is 18.7 Å². The summed E-state index contributed by atoms with van der Waals surface area (Å²) in [6.45, 7) is 6.10. The van der Waals surface area contributed by atoms with E-state index in [0.717, 1.165) is 16.8 Å². The molecule has 0 saturated heterocycles. The molecule has 4 rings (SSSR count). The molecule has 0 aliphatic carbocycles. The van der Waals surface area contributed by atoms with Gasteiger partial charge in [0.15, 0.2) is 0 Å². The van der Waals surface area contributed by atoms with Gasteiger partial charge in [-0.15, -0.1) is 5.10 Å². The van der Waals surface area contributed by atoms with Gasteiger partial charge in [-0.2, -0.15) is 5.26 Å². The average molecular weight is 404 g/mol. The molecule has 0 radical (unpaired) electrons. The van der Waals surface area contributed by atoms with Gasteiger partial charge in [0.2, 0.25) is 17.5 Å². The van der Waals surface area contributed by atoms with E-state index in [1.807, 2.05) is 26.8 Å². The van der Waals surface area contributed by atoms with Crippen LogP contribution in [0.2, 0.25) is 0 Å². The molecular formula is C22H20N4O4. The van der Waals surface area contributed by atoms with Crippen LogP contribution in [0.3, 0.4) is 0 Å². The SMILES string of the molecule is CC(C)(C)c1[nH]nc2c1C(c1cccc(OC(=O)c3ccco3)c1)C(C#N)=C(N)O2.